The number of nitrogens with zero attached hydrogens (tertiary/aromatic N) is 2. The highest BCUT2D eigenvalue weighted by Crippen LogP contribution is 2.23. The van der Waals surface area contributed by atoms with Crippen molar-refractivity contribution in [2.75, 3.05) is 33.3 Å². The summed E-state index contributed by atoms with van der Waals surface area (Å²) in [5.41, 5.74) is 1.26. The molecule has 1 atom stereocenters. The van der Waals surface area contributed by atoms with Crippen LogP contribution in [0.2, 0.25) is 0 Å². The second-order valence-electron chi connectivity index (χ2n) is 6.81. The van der Waals surface area contributed by atoms with E-state index >= 15 is 0 Å². The number of hydrogen-bond donors (Lipinski definition) is 0. The Morgan fingerprint density at radius 1 is 1.17 bits per heavy atom. The number of carbonyl (C=O) groups is 1. The monoisotopic (exact) mass is 316 g/mol. The molecule has 0 N–H and O–H groups in total. The molecule has 4 nitrogen and oxygen atoms in total. The van der Waals surface area contributed by atoms with E-state index in [0.29, 0.717) is 5.91 Å². The van der Waals surface area contributed by atoms with Crippen LogP contribution in [0.4, 0.5) is 0 Å². The van der Waals surface area contributed by atoms with E-state index in [1.54, 1.807) is 7.11 Å². The van der Waals surface area contributed by atoms with Crippen molar-refractivity contribution in [3.05, 3.63) is 29.8 Å². The molecular weight excluding hydrogens is 288 g/mol. The van der Waals surface area contributed by atoms with Gasteiger partial charge >= 0.3 is 0 Å². The van der Waals surface area contributed by atoms with Crippen LogP contribution in [0.25, 0.3) is 0 Å². The minimum Gasteiger partial charge on any atom is -0.497 e. The molecule has 4 heteroatoms. The molecule has 0 aromatic heterocycles. The minimum absolute atomic E-state index is 0.187. The average Bonchev–Trinajstić information content (AvgIpc) is 2.62. The van der Waals surface area contributed by atoms with Crippen LogP contribution in [0.3, 0.4) is 0 Å². The molecule has 23 heavy (non-hydrogen) atoms. The SMILES string of the molecule is COc1cccc(CN2CCC[C@@H](C(=O)N3CCCCC3)C2)c1. The van der Waals surface area contributed by atoms with E-state index in [-0.39, 0.29) is 5.92 Å². The van der Waals surface area contributed by atoms with Gasteiger partial charge in [-0.1, -0.05) is 12.1 Å². The van der Waals surface area contributed by atoms with E-state index in [1.807, 2.05) is 12.1 Å². The van der Waals surface area contributed by atoms with Gasteiger partial charge in [0.25, 0.3) is 0 Å². The first-order chi connectivity index (χ1) is 11.3. The van der Waals surface area contributed by atoms with Crippen molar-refractivity contribution in [3.8, 4) is 5.75 Å². The third-order valence-corrected chi connectivity index (χ3v) is 5.06. The van der Waals surface area contributed by atoms with E-state index in [4.69, 9.17) is 4.74 Å². The summed E-state index contributed by atoms with van der Waals surface area (Å²) in [5.74, 6) is 1.48. The maximum Gasteiger partial charge on any atom is 0.226 e. The van der Waals surface area contributed by atoms with Gasteiger partial charge in [-0.3, -0.25) is 9.69 Å². The molecular formula is C19H28N2O2. The fraction of sp³-hybridized carbons (Fsp3) is 0.632. The highest BCUT2D eigenvalue weighted by Gasteiger charge is 2.29. The molecule has 3 rings (SSSR count). The lowest BCUT2D eigenvalue weighted by atomic mass is 9.95. The molecule has 1 aromatic rings. The molecule has 0 aliphatic carbocycles. The van der Waals surface area contributed by atoms with Crippen molar-refractivity contribution >= 4 is 5.91 Å². The van der Waals surface area contributed by atoms with Gasteiger partial charge in [0.1, 0.15) is 5.75 Å². The fourth-order valence-corrected chi connectivity index (χ4v) is 3.80. The Hall–Kier alpha value is -1.55. The molecule has 2 saturated heterocycles. The minimum atomic E-state index is 0.187. The molecule has 2 fully saturated rings. The largest absolute Gasteiger partial charge is 0.497 e. The van der Waals surface area contributed by atoms with Crippen LogP contribution in [0, 0.1) is 5.92 Å². The lowest BCUT2D eigenvalue weighted by molar-refractivity contribution is -0.138. The van der Waals surface area contributed by atoms with Crippen molar-refractivity contribution in [3.63, 3.8) is 0 Å². The van der Waals surface area contributed by atoms with Gasteiger partial charge in [-0.25, -0.2) is 0 Å². The van der Waals surface area contributed by atoms with E-state index in [9.17, 15) is 4.79 Å². The Balaban J connectivity index is 1.58. The molecule has 1 aromatic carbocycles. The summed E-state index contributed by atoms with van der Waals surface area (Å²) >= 11 is 0. The van der Waals surface area contributed by atoms with E-state index in [1.165, 1.54) is 24.8 Å². The third kappa shape index (κ3) is 4.25. The smallest absolute Gasteiger partial charge is 0.226 e. The zero-order valence-electron chi connectivity index (χ0n) is 14.2. The molecule has 0 saturated carbocycles. The number of likely N-dealkylation sites (tertiary alicyclic amines) is 2. The zero-order valence-corrected chi connectivity index (χ0v) is 14.2. The first-order valence-electron chi connectivity index (χ1n) is 8.90. The van der Waals surface area contributed by atoms with Crippen molar-refractivity contribution < 1.29 is 9.53 Å². The van der Waals surface area contributed by atoms with Crippen LogP contribution in [0.15, 0.2) is 24.3 Å². The maximum absolute atomic E-state index is 12.7. The average molecular weight is 316 g/mol. The quantitative estimate of drug-likeness (QED) is 0.856. The number of carbonyl (C=O) groups excluding carboxylic acids is 1. The summed E-state index contributed by atoms with van der Waals surface area (Å²) in [6.07, 6.45) is 5.78. The number of methoxy groups -OCH3 is 1. The number of amides is 1. The van der Waals surface area contributed by atoms with E-state index in [0.717, 1.165) is 51.3 Å². The molecule has 0 bridgehead atoms. The Labute approximate surface area is 139 Å². The third-order valence-electron chi connectivity index (χ3n) is 5.06. The van der Waals surface area contributed by atoms with Gasteiger partial charge < -0.3 is 9.64 Å². The topological polar surface area (TPSA) is 32.8 Å². The molecule has 0 spiro atoms. The Kier molecular flexibility index (Phi) is 5.55. The number of hydrogen-bond acceptors (Lipinski definition) is 3. The van der Waals surface area contributed by atoms with Crippen molar-refractivity contribution in [2.24, 2.45) is 5.92 Å². The first-order valence-corrected chi connectivity index (χ1v) is 8.90. The van der Waals surface area contributed by atoms with Crippen molar-refractivity contribution in [1.29, 1.82) is 0 Å². The zero-order chi connectivity index (χ0) is 16.1. The summed E-state index contributed by atoms with van der Waals surface area (Å²) in [6.45, 7) is 4.81. The van der Waals surface area contributed by atoms with Crippen LogP contribution in [-0.2, 0) is 11.3 Å². The first kappa shape index (κ1) is 16.3. The van der Waals surface area contributed by atoms with Gasteiger partial charge in [0.2, 0.25) is 5.91 Å². The highest BCUT2D eigenvalue weighted by molar-refractivity contribution is 5.79. The van der Waals surface area contributed by atoms with Gasteiger partial charge in [-0.2, -0.15) is 0 Å². The van der Waals surface area contributed by atoms with Crippen LogP contribution in [0.5, 0.6) is 5.75 Å². The molecule has 2 aliphatic heterocycles. The van der Waals surface area contributed by atoms with E-state index < -0.39 is 0 Å². The van der Waals surface area contributed by atoms with Crippen LogP contribution in [-0.4, -0.2) is 49.0 Å². The normalized spacial score (nSPS) is 22.8. The maximum atomic E-state index is 12.7. The fourth-order valence-electron chi connectivity index (χ4n) is 3.80. The van der Waals surface area contributed by atoms with Crippen LogP contribution < -0.4 is 4.74 Å². The van der Waals surface area contributed by atoms with Gasteiger partial charge in [-0.15, -0.1) is 0 Å². The standard InChI is InChI=1S/C19H28N2O2/c1-23-18-9-5-7-16(13-18)14-20-10-6-8-17(15-20)19(22)21-11-3-2-4-12-21/h5,7,9,13,17H,2-4,6,8,10-12,14-15H2,1H3/t17-/m1/s1. The predicted octanol–water partition coefficient (Wildman–Crippen LogP) is 2.92. The Morgan fingerprint density at radius 2 is 2.00 bits per heavy atom. The second-order valence-corrected chi connectivity index (χ2v) is 6.81. The summed E-state index contributed by atoms with van der Waals surface area (Å²) < 4.78 is 5.30. The van der Waals surface area contributed by atoms with Crippen LogP contribution >= 0.6 is 0 Å². The number of benzene rings is 1. The van der Waals surface area contributed by atoms with Gasteiger partial charge in [0, 0.05) is 26.2 Å². The summed E-state index contributed by atoms with van der Waals surface area (Å²) in [5, 5.41) is 0. The van der Waals surface area contributed by atoms with Gasteiger partial charge in [-0.05, 0) is 56.3 Å². The Bertz CT molecular complexity index is 526. The lowest BCUT2D eigenvalue weighted by Crippen LogP contribution is -2.46. The molecule has 126 valence electrons. The highest BCUT2D eigenvalue weighted by atomic mass is 16.5. The molecule has 0 radical (unpaired) electrons. The van der Waals surface area contributed by atoms with E-state index in [2.05, 4.69) is 21.9 Å². The van der Waals surface area contributed by atoms with Crippen LogP contribution in [0.1, 0.15) is 37.7 Å². The summed E-state index contributed by atoms with van der Waals surface area (Å²) in [4.78, 5) is 17.3. The van der Waals surface area contributed by atoms with Crippen molar-refractivity contribution in [1.82, 2.24) is 9.80 Å². The summed E-state index contributed by atoms with van der Waals surface area (Å²) in [7, 11) is 1.70. The molecule has 2 aliphatic rings. The molecule has 0 unspecified atom stereocenters. The van der Waals surface area contributed by atoms with Gasteiger partial charge in [0.15, 0.2) is 0 Å². The number of ether oxygens (including phenoxy) is 1. The number of piperidine rings is 2. The molecule has 2 heterocycles. The molecule has 1 amide bonds. The lowest BCUT2D eigenvalue weighted by Gasteiger charge is -2.36. The summed E-state index contributed by atoms with van der Waals surface area (Å²) in [6, 6.07) is 8.24. The van der Waals surface area contributed by atoms with Crippen molar-refractivity contribution in [2.45, 2.75) is 38.6 Å². The van der Waals surface area contributed by atoms with Gasteiger partial charge in [0.05, 0.1) is 13.0 Å². The predicted molar refractivity (Wildman–Crippen MR) is 91.4 cm³/mol. The number of rotatable bonds is 4. The second kappa shape index (κ2) is 7.82. The Morgan fingerprint density at radius 3 is 2.78 bits per heavy atom.